The second-order valence-corrected chi connectivity index (χ2v) is 7.70. The van der Waals surface area contributed by atoms with Crippen molar-refractivity contribution < 1.29 is 10.2 Å². The van der Waals surface area contributed by atoms with Crippen molar-refractivity contribution in [2.24, 2.45) is 0 Å². The van der Waals surface area contributed by atoms with Crippen molar-refractivity contribution in [3.8, 4) is 0 Å². The molecule has 0 aliphatic heterocycles. The number of nitrogens with zero attached hydrogens (tertiary/aromatic N) is 1. The lowest BCUT2D eigenvalue weighted by atomic mass is 10.0. The van der Waals surface area contributed by atoms with Crippen LogP contribution in [0.5, 0.6) is 0 Å². The van der Waals surface area contributed by atoms with Crippen LogP contribution >= 0.6 is 0 Å². The Morgan fingerprint density at radius 2 is 0.875 bits per heavy atom. The van der Waals surface area contributed by atoms with Crippen LogP contribution in [0.15, 0.2) is 0 Å². The van der Waals surface area contributed by atoms with E-state index in [0.29, 0.717) is 0 Å². The van der Waals surface area contributed by atoms with E-state index in [1.54, 1.807) is 11.9 Å². The van der Waals surface area contributed by atoms with E-state index in [1.165, 1.54) is 103 Å². The van der Waals surface area contributed by atoms with Crippen LogP contribution in [-0.4, -0.2) is 34.6 Å². The summed E-state index contributed by atoms with van der Waals surface area (Å²) in [6.07, 6.45) is 21.8. The number of aliphatic hydroxyl groups is 2. The van der Waals surface area contributed by atoms with Crippen LogP contribution in [0.3, 0.4) is 0 Å². The van der Waals surface area contributed by atoms with E-state index in [9.17, 15) is 10.2 Å². The Hall–Kier alpha value is -0.120. The van der Waals surface area contributed by atoms with Crippen LogP contribution < -0.4 is 0 Å². The standard InChI is InChI=1S/C21H45NO2/c1-4-5-6-7-8-9-10-11-12-13-14-15-16-17-18-19-20-22(3)21(2,23)24/h23-24H,4-20H2,1-3H3. The molecule has 0 saturated carbocycles. The van der Waals surface area contributed by atoms with Gasteiger partial charge in [0.05, 0.1) is 0 Å². The summed E-state index contributed by atoms with van der Waals surface area (Å²) in [5, 5.41) is 18.8. The topological polar surface area (TPSA) is 43.7 Å². The summed E-state index contributed by atoms with van der Waals surface area (Å²) in [4.78, 5) is 1.59. The predicted octanol–water partition coefficient (Wildman–Crippen LogP) is 5.84. The zero-order chi connectivity index (χ0) is 18.1. The molecule has 0 aliphatic rings. The van der Waals surface area contributed by atoms with Crippen LogP contribution in [0.2, 0.25) is 0 Å². The average molecular weight is 344 g/mol. The molecule has 0 amide bonds. The first kappa shape index (κ1) is 23.9. The highest BCUT2D eigenvalue weighted by atomic mass is 16.5. The van der Waals surface area contributed by atoms with Gasteiger partial charge >= 0.3 is 0 Å². The van der Waals surface area contributed by atoms with Gasteiger partial charge in [0.25, 0.3) is 0 Å². The molecular weight excluding hydrogens is 298 g/mol. The largest absolute Gasteiger partial charge is 0.353 e. The minimum atomic E-state index is -1.67. The maximum absolute atomic E-state index is 9.39. The third kappa shape index (κ3) is 16.7. The lowest BCUT2D eigenvalue weighted by Gasteiger charge is -2.28. The molecular formula is C21H45NO2. The van der Waals surface area contributed by atoms with Gasteiger partial charge in [-0.2, -0.15) is 0 Å². The molecule has 0 aromatic carbocycles. The molecule has 0 unspecified atom stereocenters. The maximum Gasteiger partial charge on any atom is 0.221 e. The molecule has 2 N–H and O–H groups in total. The van der Waals surface area contributed by atoms with Gasteiger partial charge in [0, 0.05) is 13.5 Å². The van der Waals surface area contributed by atoms with Gasteiger partial charge in [0.15, 0.2) is 0 Å². The Morgan fingerprint density at radius 1 is 0.583 bits per heavy atom. The number of hydrogen-bond donors (Lipinski definition) is 2. The van der Waals surface area contributed by atoms with Crippen molar-refractivity contribution in [3.63, 3.8) is 0 Å². The molecule has 0 bridgehead atoms. The normalized spacial score (nSPS) is 12.2. The monoisotopic (exact) mass is 343 g/mol. The van der Waals surface area contributed by atoms with E-state index in [4.69, 9.17) is 0 Å². The summed E-state index contributed by atoms with van der Waals surface area (Å²) < 4.78 is 0. The number of hydrogen-bond acceptors (Lipinski definition) is 3. The van der Waals surface area contributed by atoms with E-state index >= 15 is 0 Å². The first-order valence-corrected chi connectivity index (χ1v) is 10.6. The Bertz CT molecular complexity index is 251. The van der Waals surface area contributed by atoms with Crippen LogP contribution in [0.1, 0.15) is 117 Å². The van der Waals surface area contributed by atoms with Crippen molar-refractivity contribution >= 4 is 0 Å². The SMILES string of the molecule is CCCCCCCCCCCCCCCCCCN(C)C(C)(O)O. The zero-order valence-electron chi connectivity index (χ0n) is 16.9. The maximum atomic E-state index is 9.39. The average Bonchev–Trinajstić information content (AvgIpc) is 2.53. The molecule has 0 saturated heterocycles. The first-order chi connectivity index (χ1) is 11.5. The molecule has 0 aliphatic carbocycles. The van der Waals surface area contributed by atoms with Gasteiger partial charge in [-0.25, -0.2) is 0 Å². The molecule has 0 heterocycles. The third-order valence-corrected chi connectivity index (χ3v) is 5.07. The fourth-order valence-electron chi connectivity index (χ4n) is 3.11. The molecule has 24 heavy (non-hydrogen) atoms. The van der Waals surface area contributed by atoms with Crippen molar-refractivity contribution in [3.05, 3.63) is 0 Å². The Morgan fingerprint density at radius 3 is 1.17 bits per heavy atom. The summed E-state index contributed by atoms with van der Waals surface area (Å²) in [5.41, 5.74) is 0. The Balaban J connectivity index is 3.10. The molecule has 0 radical (unpaired) electrons. The molecule has 0 aromatic heterocycles. The van der Waals surface area contributed by atoms with Gasteiger partial charge in [-0.3, -0.25) is 4.90 Å². The van der Waals surface area contributed by atoms with Gasteiger partial charge in [-0.1, -0.05) is 103 Å². The second kappa shape index (κ2) is 16.4. The molecule has 0 fully saturated rings. The second-order valence-electron chi connectivity index (χ2n) is 7.70. The Labute approximate surface area is 151 Å². The van der Waals surface area contributed by atoms with E-state index in [1.807, 2.05) is 0 Å². The molecule has 3 heteroatoms. The van der Waals surface area contributed by atoms with Gasteiger partial charge in [-0.15, -0.1) is 0 Å². The van der Waals surface area contributed by atoms with Crippen LogP contribution in [-0.2, 0) is 0 Å². The smallest absolute Gasteiger partial charge is 0.221 e. The summed E-state index contributed by atoms with van der Waals surface area (Å²) in [6.45, 7) is 4.45. The van der Waals surface area contributed by atoms with Crippen molar-refractivity contribution in [1.82, 2.24) is 4.90 Å². The minimum Gasteiger partial charge on any atom is -0.353 e. The quantitative estimate of drug-likeness (QED) is 0.243. The molecule has 146 valence electrons. The summed E-state index contributed by atoms with van der Waals surface area (Å²) in [6, 6.07) is 0. The molecule has 0 spiro atoms. The highest BCUT2D eigenvalue weighted by Crippen LogP contribution is 2.14. The highest BCUT2D eigenvalue weighted by molar-refractivity contribution is 4.58. The summed E-state index contributed by atoms with van der Waals surface area (Å²) >= 11 is 0. The molecule has 0 rings (SSSR count). The molecule has 3 nitrogen and oxygen atoms in total. The number of unbranched alkanes of at least 4 members (excludes halogenated alkanes) is 15. The zero-order valence-corrected chi connectivity index (χ0v) is 16.9. The number of rotatable bonds is 18. The molecule has 0 atom stereocenters. The first-order valence-electron chi connectivity index (χ1n) is 10.6. The lowest BCUT2D eigenvalue weighted by Crippen LogP contribution is -2.43. The van der Waals surface area contributed by atoms with Gasteiger partial charge in [-0.05, 0) is 13.5 Å². The predicted molar refractivity (Wildman–Crippen MR) is 105 cm³/mol. The van der Waals surface area contributed by atoms with Crippen molar-refractivity contribution in [1.29, 1.82) is 0 Å². The Kier molecular flexibility index (Phi) is 16.3. The van der Waals surface area contributed by atoms with Crippen molar-refractivity contribution in [2.45, 2.75) is 122 Å². The highest BCUT2D eigenvalue weighted by Gasteiger charge is 2.20. The van der Waals surface area contributed by atoms with E-state index in [0.717, 1.165) is 13.0 Å². The van der Waals surface area contributed by atoms with Gasteiger partial charge in [0.2, 0.25) is 5.91 Å². The van der Waals surface area contributed by atoms with E-state index < -0.39 is 5.91 Å². The van der Waals surface area contributed by atoms with Crippen LogP contribution in [0.25, 0.3) is 0 Å². The van der Waals surface area contributed by atoms with Crippen LogP contribution in [0.4, 0.5) is 0 Å². The van der Waals surface area contributed by atoms with Crippen LogP contribution in [0, 0.1) is 0 Å². The summed E-state index contributed by atoms with van der Waals surface area (Å²) in [7, 11) is 1.76. The minimum absolute atomic E-state index is 0.752. The molecule has 0 aromatic rings. The fourth-order valence-corrected chi connectivity index (χ4v) is 3.11. The summed E-state index contributed by atoms with van der Waals surface area (Å²) in [5.74, 6) is -1.67. The lowest BCUT2D eigenvalue weighted by molar-refractivity contribution is -0.242. The third-order valence-electron chi connectivity index (χ3n) is 5.07. The van der Waals surface area contributed by atoms with E-state index in [2.05, 4.69) is 6.92 Å². The fraction of sp³-hybridized carbons (Fsp3) is 1.00. The van der Waals surface area contributed by atoms with Gasteiger partial charge < -0.3 is 10.2 Å². The van der Waals surface area contributed by atoms with E-state index in [-0.39, 0.29) is 0 Å². The van der Waals surface area contributed by atoms with Gasteiger partial charge in [0.1, 0.15) is 0 Å². The van der Waals surface area contributed by atoms with Crippen molar-refractivity contribution in [2.75, 3.05) is 13.6 Å².